The fourth-order valence-corrected chi connectivity index (χ4v) is 3.29. The molecule has 1 heterocycles. The highest BCUT2D eigenvalue weighted by Gasteiger charge is 2.65. The zero-order valence-corrected chi connectivity index (χ0v) is 7.33. The number of rotatable bonds is 0. The van der Waals surface area contributed by atoms with Gasteiger partial charge in [0.25, 0.3) is 0 Å². The van der Waals surface area contributed by atoms with Crippen LogP contribution in [0.25, 0.3) is 0 Å². The number of aliphatic hydroxyl groups is 1. The van der Waals surface area contributed by atoms with Crippen LogP contribution in [0.2, 0.25) is 0 Å². The number of epoxide rings is 1. The molecule has 3 rings (SSSR count). The average molecular weight is 168 g/mol. The molecule has 1 spiro atoms. The van der Waals surface area contributed by atoms with Crippen LogP contribution in [0.1, 0.15) is 38.5 Å². The molecule has 1 N–H and O–H groups in total. The molecule has 3 fully saturated rings. The Balaban J connectivity index is 1.84. The van der Waals surface area contributed by atoms with E-state index in [-0.39, 0.29) is 17.8 Å². The van der Waals surface area contributed by atoms with Gasteiger partial charge in [0.05, 0.1) is 6.10 Å². The Morgan fingerprint density at radius 3 is 3.00 bits per heavy atom. The summed E-state index contributed by atoms with van der Waals surface area (Å²) in [5, 5.41) is 9.63. The maximum atomic E-state index is 9.63. The van der Waals surface area contributed by atoms with Crippen LogP contribution in [-0.2, 0) is 4.74 Å². The summed E-state index contributed by atoms with van der Waals surface area (Å²) in [6.45, 7) is 0. The van der Waals surface area contributed by atoms with Crippen LogP contribution in [0.15, 0.2) is 0 Å². The van der Waals surface area contributed by atoms with Gasteiger partial charge in [-0.15, -0.1) is 0 Å². The normalized spacial score (nSPS) is 57.2. The highest BCUT2D eigenvalue weighted by atomic mass is 16.6. The van der Waals surface area contributed by atoms with Gasteiger partial charge >= 0.3 is 0 Å². The van der Waals surface area contributed by atoms with E-state index in [2.05, 4.69) is 0 Å². The molecule has 2 saturated carbocycles. The van der Waals surface area contributed by atoms with Gasteiger partial charge in [0, 0.05) is 0 Å². The lowest BCUT2D eigenvalue weighted by Gasteiger charge is -2.33. The third-order valence-electron chi connectivity index (χ3n) is 3.99. The second kappa shape index (κ2) is 2.24. The van der Waals surface area contributed by atoms with E-state index in [1.165, 1.54) is 32.1 Å². The minimum atomic E-state index is -0.153. The number of hydrogen-bond donors (Lipinski definition) is 1. The van der Waals surface area contributed by atoms with Crippen LogP contribution in [0.4, 0.5) is 0 Å². The van der Waals surface area contributed by atoms with Crippen molar-refractivity contribution in [3.05, 3.63) is 0 Å². The van der Waals surface area contributed by atoms with Crippen molar-refractivity contribution in [1.82, 2.24) is 0 Å². The molecule has 0 aromatic carbocycles. The van der Waals surface area contributed by atoms with Crippen molar-refractivity contribution in [2.75, 3.05) is 0 Å². The minimum absolute atomic E-state index is 0.153. The van der Waals surface area contributed by atoms with Gasteiger partial charge in [-0.2, -0.15) is 0 Å². The van der Waals surface area contributed by atoms with E-state index in [0.29, 0.717) is 0 Å². The molecule has 0 aromatic heterocycles. The van der Waals surface area contributed by atoms with Crippen molar-refractivity contribution < 1.29 is 9.84 Å². The number of aliphatic hydroxyl groups excluding tert-OH is 1. The molecule has 68 valence electrons. The zero-order chi connectivity index (χ0) is 8.18. The fraction of sp³-hybridized carbons (Fsp3) is 1.00. The Labute approximate surface area is 72.9 Å². The van der Waals surface area contributed by atoms with Gasteiger partial charge < -0.3 is 9.84 Å². The van der Waals surface area contributed by atoms with Gasteiger partial charge in [0.15, 0.2) is 0 Å². The van der Waals surface area contributed by atoms with Crippen molar-refractivity contribution in [2.24, 2.45) is 5.92 Å². The van der Waals surface area contributed by atoms with E-state index < -0.39 is 0 Å². The maximum absolute atomic E-state index is 9.63. The largest absolute Gasteiger partial charge is 0.390 e. The van der Waals surface area contributed by atoms with E-state index in [0.717, 1.165) is 12.3 Å². The molecule has 2 nitrogen and oxygen atoms in total. The molecule has 0 unspecified atom stereocenters. The Morgan fingerprint density at radius 1 is 1.17 bits per heavy atom. The van der Waals surface area contributed by atoms with Gasteiger partial charge in [-0.25, -0.2) is 0 Å². The molecule has 2 aliphatic carbocycles. The first-order valence-corrected chi connectivity index (χ1v) is 5.19. The Bertz CT molecular complexity index is 204. The fourth-order valence-electron chi connectivity index (χ4n) is 3.29. The van der Waals surface area contributed by atoms with Crippen molar-refractivity contribution in [2.45, 2.75) is 56.3 Å². The van der Waals surface area contributed by atoms with E-state index >= 15 is 0 Å². The van der Waals surface area contributed by atoms with Crippen LogP contribution in [0, 0.1) is 5.92 Å². The summed E-state index contributed by atoms with van der Waals surface area (Å²) >= 11 is 0. The van der Waals surface area contributed by atoms with Crippen LogP contribution >= 0.6 is 0 Å². The lowest BCUT2D eigenvalue weighted by molar-refractivity contribution is 0.0965. The summed E-state index contributed by atoms with van der Waals surface area (Å²) in [5.41, 5.74) is 0.163. The van der Waals surface area contributed by atoms with Crippen LogP contribution < -0.4 is 0 Å². The predicted molar refractivity (Wildman–Crippen MR) is 44.8 cm³/mol. The first kappa shape index (κ1) is 7.34. The smallest absolute Gasteiger partial charge is 0.113 e. The molecule has 0 bridgehead atoms. The van der Waals surface area contributed by atoms with Crippen molar-refractivity contribution in [3.63, 3.8) is 0 Å². The number of hydrogen-bond acceptors (Lipinski definition) is 2. The van der Waals surface area contributed by atoms with Crippen LogP contribution in [0.3, 0.4) is 0 Å². The molecule has 0 aromatic rings. The van der Waals surface area contributed by atoms with E-state index in [4.69, 9.17) is 4.74 Å². The van der Waals surface area contributed by atoms with Crippen molar-refractivity contribution in [3.8, 4) is 0 Å². The highest BCUT2D eigenvalue weighted by Crippen LogP contribution is 2.57. The Morgan fingerprint density at radius 2 is 2.08 bits per heavy atom. The average Bonchev–Trinajstić information content (AvgIpc) is 2.80. The van der Waals surface area contributed by atoms with E-state index in [1.807, 2.05) is 0 Å². The molecule has 3 aliphatic rings. The molecule has 0 radical (unpaired) electrons. The van der Waals surface area contributed by atoms with Gasteiger partial charge in [-0.3, -0.25) is 0 Å². The summed E-state index contributed by atoms with van der Waals surface area (Å²) < 4.78 is 5.73. The molecule has 12 heavy (non-hydrogen) atoms. The first-order valence-electron chi connectivity index (χ1n) is 5.19. The molecule has 2 heteroatoms. The topological polar surface area (TPSA) is 32.8 Å². The standard InChI is InChI=1S/C10H16O2/c11-8-5-4-7-3-1-2-6-10(7)9(8)12-10/h7-9,11H,1-6H2/t7-,8+,9-,10+/m0/s1. The third-order valence-corrected chi connectivity index (χ3v) is 3.99. The molecular formula is C10H16O2. The summed E-state index contributed by atoms with van der Waals surface area (Å²) in [4.78, 5) is 0. The first-order chi connectivity index (χ1) is 5.83. The molecule has 0 amide bonds. The van der Waals surface area contributed by atoms with Crippen molar-refractivity contribution in [1.29, 1.82) is 0 Å². The van der Waals surface area contributed by atoms with E-state index in [9.17, 15) is 5.11 Å². The molecular weight excluding hydrogens is 152 g/mol. The Kier molecular flexibility index (Phi) is 1.37. The van der Waals surface area contributed by atoms with Gasteiger partial charge in [-0.1, -0.05) is 12.8 Å². The van der Waals surface area contributed by atoms with Crippen molar-refractivity contribution >= 4 is 0 Å². The van der Waals surface area contributed by atoms with Gasteiger partial charge in [-0.05, 0) is 31.6 Å². The molecule has 1 saturated heterocycles. The molecule has 1 aliphatic heterocycles. The van der Waals surface area contributed by atoms with Gasteiger partial charge in [0.2, 0.25) is 0 Å². The second-order valence-corrected chi connectivity index (χ2v) is 4.58. The maximum Gasteiger partial charge on any atom is 0.113 e. The highest BCUT2D eigenvalue weighted by molar-refractivity contribution is 5.14. The quantitative estimate of drug-likeness (QED) is 0.555. The lowest BCUT2D eigenvalue weighted by atomic mass is 9.70. The Hall–Kier alpha value is -0.0800. The van der Waals surface area contributed by atoms with E-state index in [1.54, 1.807) is 0 Å². The third kappa shape index (κ3) is 0.775. The minimum Gasteiger partial charge on any atom is -0.390 e. The summed E-state index contributed by atoms with van der Waals surface area (Å²) in [6.07, 6.45) is 7.45. The van der Waals surface area contributed by atoms with Crippen LogP contribution in [0.5, 0.6) is 0 Å². The zero-order valence-electron chi connectivity index (χ0n) is 7.33. The SMILES string of the molecule is O[C@@H]1CC[C@@H]2CCCC[C@@]23O[C@@H]13. The van der Waals surface area contributed by atoms with Gasteiger partial charge in [0.1, 0.15) is 11.7 Å². The number of ether oxygens (including phenoxy) is 1. The predicted octanol–water partition coefficient (Wildman–Crippen LogP) is 1.47. The lowest BCUT2D eigenvalue weighted by Crippen LogP contribution is -2.39. The summed E-state index contributed by atoms with van der Waals surface area (Å²) in [7, 11) is 0. The summed E-state index contributed by atoms with van der Waals surface area (Å²) in [5.74, 6) is 0.777. The monoisotopic (exact) mass is 168 g/mol. The van der Waals surface area contributed by atoms with Crippen LogP contribution in [-0.4, -0.2) is 22.9 Å². The summed E-state index contributed by atoms with van der Waals surface area (Å²) in [6, 6.07) is 0. The second-order valence-electron chi connectivity index (χ2n) is 4.58. The molecule has 4 atom stereocenters.